The molecule has 118 valence electrons. The highest BCUT2D eigenvalue weighted by Gasteiger charge is 2.17. The summed E-state index contributed by atoms with van der Waals surface area (Å²) >= 11 is 3.26. The summed E-state index contributed by atoms with van der Waals surface area (Å²) < 4.78 is 17.1. The molecular weight excluding hydrogens is 367 g/mol. The molecule has 0 unspecified atom stereocenters. The van der Waals surface area contributed by atoms with Gasteiger partial charge in [-0.15, -0.1) is 5.10 Å². The summed E-state index contributed by atoms with van der Waals surface area (Å²) in [5.41, 5.74) is 0.847. The zero-order chi connectivity index (χ0) is 16.4. The number of aryl methyl sites for hydroxylation is 1. The first-order chi connectivity index (χ1) is 11.0. The van der Waals surface area contributed by atoms with Crippen LogP contribution < -0.4 is 5.32 Å². The van der Waals surface area contributed by atoms with Crippen molar-refractivity contribution < 1.29 is 9.18 Å². The van der Waals surface area contributed by atoms with Crippen LogP contribution in [0.4, 0.5) is 10.3 Å². The summed E-state index contributed by atoms with van der Waals surface area (Å²) in [5, 5.41) is 10.7. The molecule has 2 heterocycles. The lowest BCUT2D eigenvalue weighted by atomic mass is 10.2. The van der Waals surface area contributed by atoms with Gasteiger partial charge in [-0.2, -0.15) is 5.10 Å². The molecule has 3 rings (SSSR count). The monoisotopic (exact) mass is 378 g/mol. The van der Waals surface area contributed by atoms with Crippen molar-refractivity contribution in [1.29, 1.82) is 0 Å². The second-order valence-electron chi connectivity index (χ2n) is 4.78. The number of hydrogen-bond donors (Lipinski definition) is 1. The van der Waals surface area contributed by atoms with Gasteiger partial charge < -0.3 is 0 Å². The first-order valence-electron chi connectivity index (χ1n) is 6.66. The fourth-order valence-corrected chi connectivity index (χ4v) is 2.58. The minimum atomic E-state index is -0.388. The van der Waals surface area contributed by atoms with Crippen molar-refractivity contribution in [2.75, 3.05) is 5.32 Å². The lowest BCUT2D eigenvalue weighted by Gasteiger charge is -2.03. The van der Waals surface area contributed by atoms with Crippen LogP contribution in [-0.2, 0) is 13.6 Å². The second-order valence-corrected chi connectivity index (χ2v) is 5.63. The lowest BCUT2D eigenvalue weighted by Crippen LogP contribution is -2.17. The smallest absolute Gasteiger partial charge is 0.277 e. The lowest BCUT2D eigenvalue weighted by molar-refractivity contribution is 0.101. The molecule has 0 aliphatic heterocycles. The van der Waals surface area contributed by atoms with Crippen molar-refractivity contribution >= 4 is 27.8 Å². The molecule has 1 amide bonds. The molecule has 23 heavy (non-hydrogen) atoms. The quantitative estimate of drug-likeness (QED) is 0.754. The van der Waals surface area contributed by atoms with Crippen molar-refractivity contribution in [3.8, 4) is 0 Å². The largest absolute Gasteiger partial charge is 0.288 e. The molecule has 0 aliphatic rings. The second kappa shape index (κ2) is 6.29. The fourth-order valence-electron chi connectivity index (χ4n) is 2.06. The van der Waals surface area contributed by atoms with Crippen LogP contribution in [0.3, 0.4) is 0 Å². The number of nitrogens with zero attached hydrogens (tertiary/aromatic N) is 5. The molecule has 0 atom stereocenters. The summed E-state index contributed by atoms with van der Waals surface area (Å²) in [6.45, 7) is 0.227. The van der Waals surface area contributed by atoms with E-state index in [1.807, 2.05) is 0 Å². The van der Waals surface area contributed by atoms with Gasteiger partial charge >= 0.3 is 0 Å². The van der Waals surface area contributed by atoms with Crippen LogP contribution in [0.15, 0.2) is 41.3 Å². The van der Waals surface area contributed by atoms with Crippen molar-refractivity contribution in [3.05, 3.63) is 58.3 Å². The zero-order valence-electron chi connectivity index (χ0n) is 12.1. The highest BCUT2D eigenvalue weighted by atomic mass is 79.9. The summed E-state index contributed by atoms with van der Waals surface area (Å²) in [6, 6.07) is 6.42. The normalized spacial score (nSPS) is 10.7. The Balaban J connectivity index is 1.73. The standard InChI is InChI=1S/C14H12BrFN6O/c1-21-12(10(15)6-18-21)13(23)19-14-17-8-22(20-14)7-9-4-2-3-5-11(9)16/h2-6,8H,7H2,1H3,(H,19,20,23). The first kappa shape index (κ1) is 15.3. The maximum absolute atomic E-state index is 13.6. The van der Waals surface area contributed by atoms with Crippen LogP contribution >= 0.6 is 15.9 Å². The third-order valence-corrected chi connectivity index (χ3v) is 3.74. The maximum atomic E-state index is 13.6. The van der Waals surface area contributed by atoms with Gasteiger partial charge in [-0.25, -0.2) is 14.1 Å². The zero-order valence-corrected chi connectivity index (χ0v) is 13.7. The Morgan fingerprint density at radius 2 is 2.17 bits per heavy atom. The van der Waals surface area contributed by atoms with E-state index in [9.17, 15) is 9.18 Å². The van der Waals surface area contributed by atoms with Crippen LogP contribution in [0.1, 0.15) is 16.1 Å². The molecule has 0 spiro atoms. The Labute approximate surface area is 139 Å². The van der Waals surface area contributed by atoms with E-state index in [1.54, 1.807) is 25.2 Å². The van der Waals surface area contributed by atoms with Crippen LogP contribution in [0, 0.1) is 5.82 Å². The van der Waals surface area contributed by atoms with Gasteiger partial charge in [0.1, 0.15) is 17.8 Å². The van der Waals surface area contributed by atoms with Crippen LogP contribution in [0.25, 0.3) is 0 Å². The molecule has 1 aromatic carbocycles. The molecule has 0 aliphatic carbocycles. The number of benzene rings is 1. The number of aromatic nitrogens is 5. The predicted octanol–water partition coefficient (Wildman–Crippen LogP) is 2.21. The van der Waals surface area contributed by atoms with Crippen molar-refractivity contribution in [2.24, 2.45) is 7.05 Å². The molecule has 0 fully saturated rings. The fraction of sp³-hybridized carbons (Fsp3) is 0.143. The molecule has 0 saturated heterocycles. The number of carbonyl (C=O) groups is 1. The number of nitrogens with one attached hydrogen (secondary N) is 1. The molecule has 0 bridgehead atoms. The van der Waals surface area contributed by atoms with E-state index >= 15 is 0 Å². The van der Waals surface area contributed by atoms with Gasteiger partial charge in [0.25, 0.3) is 5.91 Å². The predicted molar refractivity (Wildman–Crippen MR) is 84.4 cm³/mol. The average molecular weight is 379 g/mol. The molecule has 7 nitrogen and oxygen atoms in total. The molecule has 0 saturated carbocycles. The van der Waals surface area contributed by atoms with E-state index < -0.39 is 0 Å². The van der Waals surface area contributed by atoms with E-state index in [1.165, 1.54) is 28.0 Å². The summed E-state index contributed by atoms with van der Waals surface area (Å²) in [7, 11) is 1.66. The molecule has 3 aromatic rings. The topological polar surface area (TPSA) is 77.6 Å². The summed E-state index contributed by atoms with van der Waals surface area (Å²) in [4.78, 5) is 16.2. The molecular formula is C14H12BrFN6O. The van der Waals surface area contributed by atoms with Gasteiger partial charge in [0.2, 0.25) is 5.95 Å². The minimum absolute atomic E-state index is 0.138. The Morgan fingerprint density at radius 1 is 1.39 bits per heavy atom. The molecule has 1 N–H and O–H groups in total. The van der Waals surface area contributed by atoms with Gasteiger partial charge in [0, 0.05) is 12.6 Å². The Kier molecular flexibility index (Phi) is 4.20. The number of carbonyl (C=O) groups excluding carboxylic acids is 1. The molecule has 9 heteroatoms. The van der Waals surface area contributed by atoms with E-state index in [0.717, 1.165) is 0 Å². The number of amides is 1. The van der Waals surface area contributed by atoms with Gasteiger partial charge in [-0.3, -0.25) is 14.8 Å². The number of rotatable bonds is 4. The van der Waals surface area contributed by atoms with Crippen molar-refractivity contribution in [2.45, 2.75) is 6.54 Å². The van der Waals surface area contributed by atoms with E-state index in [0.29, 0.717) is 15.7 Å². The average Bonchev–Trinajstić information content (AvgIpc) is 3.08. The highest BCUT2D eigenvalue weighted by Crippen LogP contribution is 2.16. The van der Waals surface area contributed by atoms with Crippen LogP contribution in [-0.4, -0.2) is 30.5 Å². The molecule has 2 aromatic heterocycles. The highest BCUT2D eigenvalue weighted by molar-refractivity contribution is 9.10. The van der Waals surface area contributed by atoms with Crippen LogP contribution in [0.5, 0.6) is 0 Å². The molecule has 0 radical (unpaired) electrons. The minimum Gasteiger partial charge on any atom is -0.288 e. The number of hydrogen-bond acceptors (Lipinski definition) is 4. The Morgan fingerprint density at radius 3 is 2.87 bits per heavy atom. The number of anilines is 1. The van der Waals surface area contributed by atoms with E-state index in [4.69, 9.17) is 0 Å². The maximum Gasteiger partial charge on any atom is 0.277 e. The SMILES string of the molecule is Cn1ncc(Br)c1C(=O)Nc1ncn(Cc2ccccc2F)n1. The Hall–Kier alpha value is -2.55. The third-order valence-electron chi connectivity index (χ3n) is 3.16. The van der Waals surface area contributed by atoms with Crippen molar-refractivity contribution in [1.82, 2.24) is 24.5 Å². The van der Waals surface area contributed by atoms with Gasteiger partial charge in [0.15, 0.2) is 0 Å². The Bertz CT molecular complexity index is 839. The van der Waals surface area contributed by atoms with Gasteiger partial charge in [-0.05, 0) is 22.0 Å². The number of halogens is 2. The third kappa shape index (κ3) is 3.29. The van der Waals surface area contributed by atoms with E-state index in [2.05, 4.69) is 36.4 Å². The van der Waals surface area contributed by atoms with Crippen LogP contribution in [0.2, 0.25) is 0 Å². The summed E-state index contributed by atoms with van der Waals surface area (Å²) in [5.74, 6) is -0.563. The first-order valence-corrected chi connectivity index (χ1v) is 7.45. The van der Waals surface area contributed by atoms with Crippen molar-refractivity contribution in [3.63, 3.8) is 0 Å². The summed E-state index contributed by atoms with van der Waals surface area (Å²) in [6.07, 6.45) is 2.96. The van der Waals surface area contributed by atoms with Gasteiger partial charge in [0.05, 0.1) is 17.2 Å². The van der Waals surface area contributed by atoms with E-state index in [-0.39, 0.29) is 24.2 Å². The van der Waals surface area contributed by atoms with Gasteiger partial charge in [-0.1, -0.05) is 18.2 Å².